The zero-order valence-electron chi connectivity index (χ0n) is 24.1. The molecule has 2 rings (SSSR count). The smallest absolute Gasteiger partial charge is 0.326 e. The Morgan fingerprint density at radius 1 is 1.00 bits per heavy atom. The lowest BCUT2D eigenvalue weighted by Gasteiger charge is -2.32. The van der Waals surface area contributed by atoms with Crippen LogP contribution in [-0.4, -0.2) is 112 Å². The number of rotatable bonds is 15. The van der Waals surface area contributed by atoms with Crippen LogP contribution in [0.2, 0.25) is 0 Å². The van der Waals surface area contributed by atoms with E-state index < -0.39 is 65.6 Å². The summed E-state index contributed by atoms with van der Waals surface area (Å²) in [7, 11) is 0. The van der Waals surface area contributed by atoms with Crippen LogP contribution in [0, 0.1) is 11.3 Å². The van der Waals surface area contributed by atoms with E-state index in [-0.39, 0.29) is 50.1 Å². The quantitative estimate of drug-likeness (QED) is 0.0338. The molecule has 9 N–H and O–H groups in total. The zero-order chi connectivity index (χ0) is 31.6. The van der Waals surface area contributed by atoms with E-state index in [1.54, 1.807) is 0 Å². The van der Waals surface area contributed by atoms with Gasteiger partial charge in [-0.3, -0.25) is 29.4 Å². The highest BCUT2D eigenvalue weighted by Crippen LogP contribution is 2.26. The van der Waals surface area contributed by atoms with Gasteiger partial charge in [0.25, 0.3) is 5.91 Å². The van der Waals surface area contributed by atoms with Crippen LogP contribution in [0.25, 0.3) is 0 Å². The van der Waals surface area contributed by atoms with Crippen molar-refractivity contribution >= 4 is 54.0 Å². The van der Waals surface area contributed by atoms with Crippen molar-refractivity contribution < 1.29 is 33.9 Å². The molecule has 0 radical (unpaired) electrons. The summed E-state index contributed by atoms with van der Waals surface area (Å²) in [5, 5.41) is 24.4. The van der Waals surface area contributed by atoms with E-state index in [1.807, 2.05) is 13.8 Å². The summed E-state index contributed by atoms with van der Waals surface area (Å²) in [5.74, 6) is -4.88. The van der Waals surface area contributed by atoms with Crippen molar-refractivity contribution in [2.75, 3.05) is 25.4 Å². The molecule has 0 aromatic heterocycles. The molecule has 15 nitrogen and oxygen atoms in total. The van der Waals surface area contributed by atoms with Crippen molar-refractivity contribution in [3.05, 3.63) is 0 Å². The third-order valence-corrected chi connectivity index (χ3v) is 7.71. The third kappa shape index (κ3) is 9.58. The second-order valence-corrected chi connectivity index (χ2v) is 11.4. The molecule has 4 amide bonds. The van der Waals surface area contributed by atoms with Crippen LogP contribution < -0.4 is 27.4 Å². The number of likely N-dealkylation sites (tertiary alicyclic amines) is 2. The van der Waals surface area contributed by atoms with Crippen LogP contribution in [0.3, 0.4) is 0 Å². The molecule has 2 aliphatic heterocycles. The highest BCUT2D eigenvalue weighted by Gasteiger charge is 2.44. The molecule has 236 valence electrons. The summed E-state index contributed by atoms with van der Waals surface area (Å²) in [4.78, 5) is 80.0. The molecular formula is C26H44N8O7S. The van der Waals surface area contributed by atoms with Crippen LogP contribution in [0.4, 0.5) is 0 Å². The van der Waals surface area contributed by atoms with Gasteiger partial charge in [-0.1, -0.05) is 13.8 Å². The molecule has 0 spiro atoms. The molecule has 16 heteroatoms. The van der Waals surface area contributed by atoms with E-state index in [0.717, 1.165) is 0 Å². The van der Waals surface area contributed by atoms with Gasteiger partial charge in [0, 0.05) is 25.4 Å². The van der Waals surface area contributed by atoms with Gasteiger partial charge in [0.05, 0.1) is 12.1 Å². The summed E-state index contributed by atoms with van der Waals surface area (Å²) in [6.45, 7) is 4.36. The van der Waals surface area contributed by atoms with E-state index >= 15 is 0 Å². The standard InChI is InChI=1S/C26H44N8O7S/c1-14(2)12-17(32-21(36)15(27)13-42)20(35)24(39)34-11-5-8-19(34)23(38)33-10-4-7-18(33)22(37)31-16(25(40)41)6-3-9-30-26(28)29/h14-19,42H,3-13,27H2,1-2H3,(H,31,37)(H,32,36)(H,40,41)(H4,28,29,30)/t15-,16-,17-,18-,19-/m0/s1. The molecule has 5 atom stereocenters. The lowest BCUT2D eigenvalue weighted by atomic mass is 9.98. The number of hydrogen-bond donors (Lipinski definition) is 8. The van der Waals surface area contributed by atoms with Gasteiger partial charge >= 0.3 is 5.97 Å². The highest BCUT2D eigenvalue weighted by atomic mass is 32.1. The Hall–Kier alpha value is -3.40. The predicted octanol–water partition coefficient (Wildman–Crippen LogP) is -1.84. The van der Waals surface area contributed by atoms with Crippen LogP contribution >= 0.6 is 12.6 Å². The molecule has 0 aromatic rings. The normalized spacial score (nSPS) is 20.5. The lowest BCUT2D eigenvalue weighted by Crippen LogP contribution is -2.57. The predicted molar refractivity (Wildman–Crippen MR) is 156 cm³/mol. The number of nitrogens with zero attached hydrogens (tertiary/aromatic N) is 2. The van der Waals surface area contributed by atoms with E-state index in [2.05, 4.69) is 28.6 Å². The minimum absolute atomic E-state index is 0.0285. The number of guanidine groups is 1. The first-order valence-corrected chi connectivity index (χ1v) is 14.8. The molecule has 2 aliphatic rings. The number of carboxylic acids is 1. The Morgan fingerprint density at radius 2 is 1.62 bits per heavy atom. The Labute approximate surface area is 250 Å². The molecule has 0 aliphatic carbocycles. The SMILES string of the molecule is CC(C)C[C@H](NC(=O)[C@@H](N)CS)C(=O)C(=O)N1CCC[C@H]1C(=O)N1CCC[C@H]1C(=O)N[C@@H](CCCNC(=N)N)C(=O)O. The number of aliphatic carboxylic acids is 1. The summed E-state index contributed by atoms with van der Waals surface area (Å²) >= 11 is 4.00. The van der Waals surface area contributed by atoms with Crippen molar-refractivity contribution in [1.82, 2.24) is 25.8 Å². The number of nitrogens with one attached hydrogen (secondary N) is 4. The molecule has 2 heterocycles. The number of hydrogen-bond acceptors (Lipinski definition) is 9. The maximum Gasteiger partial charge on any atom is 0.326 e. The van der Waals surface area contributed by atoms with Crippen LogP contribution in [0.1, 0.15) is 58.8 Å². The second kappa shape index (κ2) is 16.3. The van der Waals surface area contributed by atoms with Crippen molar-refractivity contribution in [3.63, 3.8) is 0 Å². The maximum absolute atomic E-state index is 13.6. The average Bonchev–Trinajstić information content (AvgIpc) is 3.62. The number of nitrogens with two attached hydrogens (primary N) is 2. The van der Waals surface area contributed by atoms with Crippen LogP contribution in [0.5, 0.6) is 0 Å². The van der Waals surface area contributed by atoms with Crippen molar-refractivity contribution in [1.29, 1.82) is 5.41 Å². The fourth-order valence-corrected chi connectivity index (χ4v) is 5.34. The van der Waals surface area contributed by atoms with Crippen molar-refractivity contribution in [2.45, 2.75) is 89.0 Å². The Morgan fingerprint density at radius 3 is 2.19 bits per heavy atom. The highest BCUT2D eigenvalue weighted by molar-refractivity contribution is 7.80. The number of carbonyl (C=O) groups is 6. The fourth-order valence-electron chi connectivity index (χ4n) is 5.17. The van der Waals surface area contributed by atoms with Crippen molar-refractivity contribution in [3.8, 4) is 0 Å². The summed E-state index contributed by atoms with van der Waals surface area (Å²) in [6, 6.07) is -5.15. The van der Waals surface area contributed by atoms with Gasteiger partial charge in [-0.15, -0.1) is 0 Å². The van der Waals surface area contributed by atoms with E-state index in [0.29, 0.717) is 32.1 Å². The zero-order valence-corrected chi connectivity index (χ0v) is 25.0. The first-order chi connectivity index (χ1) is 19.8. The number of carboxylic acid groups (broad SMARTS) is 1. The van der Waals surface area contributed by atoms with Crippen LogP contribution in [0.15, 0.2) is 0 Å². The first kappa shape index (κ1) is 34.8. The second-order valence-electron chi connectivity index (χ2n) is 11.1. The summed E-state index contributed by atoms with van der Waals surface area (Å²) in [6.07, 6.45) is 2.22. The van der Waals surface area contributed by atoms with Gasteiger partial charge in [-0.05, 0) is 50.9 Å². The van der Waals surface area contributed by atoms with Gasteiger partial charge in [-0.2, -0.15) is 12.6 Å². The number of ketones is 1. The van der Waals surface area contributed by atoms with Gasteiger partial charge in [0.2, 0.25) is 23.5 Å². The summed E-state index contributed by atoms with van der Waals surface area (Å²) in [5.41, 5.74) is 10.9. The van der Waals surface area contributed by atoms with E-state index in [1.165, 1.54) is 9.80 Å². The Kier molecular flexibility index (Phi) is 13.5. The van der Waals surface area contributed by atoms with Crippen LogP contribution in [-0.2, 0) is 28.8 Å². The molecule has 0 bridgehead atoms. The molecule has 0 saturated carbocycles. The Balaban J connectivity index is 2.11. The molecule has 0 unspecified atom stereocenters. The maximum atomic E-state index is 13.6. The number of carbonyl (C=O) groups excluding carboxylic acids is 5. The average molecular weight is 613 g/mol. The number of amides is 4. The van der Waals surface area contributed by atoms with Gasteiger partial charge < -0.3 is 42.3 Å². The topological polar surface area (TPSA) is 241 Å². The monoisotopic (exact) mass is 612 g/mol. The van der Waals surface area contributed by atoms with Gasteiger partial charge in [0.1, 0.15) is 18.1 Å². The number of thiol groups is 1. The third-order valence-electron chi connectivity index (χ3n) is 7.32. The number of Topliss-reactive ketones (excluding diaryl/α,β-unsaturated/α-hetero) is 1. The summed E-state index contributed by atoms with van der Waals surface area (Å²) < 4.78 is 0. The Bertz CT molecular complexity index is 1040. The fraction of sp³-hybridized carbons (Fsp3) is 0.731. The molecular weight excluding hydrogens is 568 g/mol. The minimum Gasteiger partial charge on any atom is -0.480 e. The molecule has 0 aromatic carbocycles. The van der Waals surface area contributed by atoms with E-state index in [9.17, 15) is 33.9 Å². The first-order valence-electron chi connectivity index (χ1n) is 14.2. The largest absolute Gasteiger partial charge is 0.480 e. The molecule has 42 heavy (non-hydrogen) atoms. The van der Waals surface area contributed by atoms with Gasteiger partial charge in [0.15, 0.2) is 5.96 Å². The minimum atomic E-state index is -1.23. The van der Waals surface area contributed by atoms with E-state index in [4.69, 9.17) is 16.9 Å². The lowest BCUT2D eigenvalue weighted by molar-refractivity contribution is -0.152. The molecule has 2 saturated heterocycles. The van der Waals surface area contributed by atoms with Gasteiger partial charge in [-0.25, -0.2) is 4.79 Å². The van der Waals surface area contributed by atoms with Crippen molar-refractivity contribution in [2.24, 2.45) is 17.4 Å². The molecule has 2 fully saturated rings.